The largest absolute Gasteiger partial charge is 0.379 e. The van der Waals surface area contributed by atoms with Crippen LogP contribution in [0.25, 0.3) is 0 Å². The summed E-state index contributed by atoms with van der Waals surface area (Å²) in [6.45, 7) is 2.22. The molecule has 1 saturated heterocycles. The van der Waals surface area contributed by atoms with E-state index in [1.54, 1.807) is 24.3 Å². The maximum Gasteiger partial charge on any atom is 0.252 e. The van der Waals surface area contributed by atoms with Crippen LogP contribution in [0.4, 0.5) is 0 Å². The lowest BCUT2D eigenvalue weighted by molar-refractivity contribution is 0.00996. The van der Waals surface area contributed by atoms with Crippen LogP contribution in [0, 0.1) is 0 Å². The number of ether oxygens (including phenoxy) is 1. The molecule has 0 saturated carbocycles. The number of hydrogen-bond acceptors (Lipinski definition) is 3. The molecule has 1 N–H and O–H groups in total. The number of morpholine rings is 1. The minimum atomic E-state index is -1.65. The Morgan fingerprint density at radius 3 is 2.52 bits per heavy atom. The second kappa shape index (κ2) is 7.36. The molecule has 1 unspecified atom stereocenters. The van der Waals surface area contributed by atoms with Gasteiger partial charge in [-0.2, -0.15) is 0 Å². The smallest absolute Gasteiger partial charge is 0.252 e. The fourth-order valence-corrected chi connectivity index (χ4v) is 2.82. The summed E-state index contributed by atoms with van der Waals surface area (Å²) in [6, 6.07) is 6.59. The number of carbonyl (C=O) groups excluding carboxylic acids is 1. The highest BCUT2D eigenvalue weighted by Crippen LogP contribution is 2.32. The number of rotatable bonds is 3. The predicted octanol–water partition coefficient (Wildman–Crippen LogP) is 3.10. The predicted molar refractivity (Wildman–Crippen MR) is 85.4 cm³/mol. The fraction of sp³-hybridized carbons (Fsp3) is 0.462. The maximum atomic E-state index is 12.3. The van der Waals surface area contributed by atoms with Crippen LogP contribution in [-0.4, -0.2) is 47.1 Å². The van der Waals surface area contributed by atoms with Crippen LogP contribution >= 0.6 is 46.4 Å². The van der Waals surface area contributed by atoms with Gasteiger partial charge < -0.3 is 10.1 Å². The summed E-state index contributed by atoms with van der Waals surface area (Å²) in [5.41, 5.74) is 0.412. The molecule has 1 atom stereocenters. The van der Waals surface area contributed by atoms with Crippen molar-refractivity contribution in [3.63, 3.8) is 0 Å². The lowest BCUT2D eigenvalue weighted by atomic mass is 10.2. The fourth-order valence-electron chi connectivity index (χ4n) is 2.05. The van der Waals surface area contributed by atoms with Gasteiger partial charge in [0.05, 0.1) is 13.2 Å². The van der Waals surface area contributed by atoms with E-state index in [2.05, 4.69) is 5.32 Å². The van der Waals surface area contributed by atoms with Crippen molar-refractivity contribution < 1.29 is 9.53 Å². The van der Waals surface area contributed by atoms with Gasteiger partial charge in [0.25, 0.3) is 5.91 Å². The molecular weight excluding hydrogens is 358 g/mol. The van der Waals surface area contributed by atoms with Crippen LogP contribution in [0.2, 0.25) is 5.02 Å². The second-order valence-corrected chi connectivity index (χ2v) is 7.38. The minimum Gasteiger partial charge on any atom is -0.379 e. The monoisotopic (exact) mass is 370 g/mol. The van der Waals surface area contributed by atoms with Gasteiger partial charge in [0.15, 0.2) is 0 Å². The quantitative estimate of drug-likeness (QED) is 0.830. The number of carbonyl (C=O) groups is 1. The topological polar surface area (TPSA) is 41.6 Å². The average Bonchev–Trinajstić information content (AvgIpc) is 2.44. The Bertz CT molecular complexity index is 501. The molecule has 2 rings (SSSR count). The van der Waals surface area contributed by atoms with Gasteiger partial charge in [-0.05, 0) is 18.2 Å². The molecule has 1 aliphatic rings. The van der Waals surface area contributed by atoms with E-state index in [9.17, 15) is 4.79 Å². The Hall–Kier alpha value is -0.230. The standard InChI is InChI=1S/C13H14Cl4N2O2/c14-10-3-1-2-9(8-10)11(20)18-12(13(15,16)17)19-4-6-21-7-5-19/h1-3,8,12H,4-7H2,(H,18,20). The van der Waals surface area contributed by atoms with Crippen molar-refractivity contribution in [2.75, 3.05) is 26.3 Å². The van der Waals surface area contributed by atoms with Crippen molar-refractivity contribution in [2.24, 2.45) is 0 Å². The Labute approximate surface area is 143 Å². The first kappa shape index (κ1) is 17.1. The summed E-state index contributed by atoms with van der Waals surface area (Å²) in [7, 11) is 0. The van der Waals surface area contributed by atoms with Crippen molar-refractivity contribution >= 4 is 52.3 Å². The minimum absolute atomic E-state index is 0.347. The highest BCUT2D eigenvalue weighted by atomic mass is 35.6. The first-order chi connectivity index (χ1) is 9.88. The normalized spacial score (nSPS) is 18.3. The molecule has 1 aromatic carbocycles. The molecule has 0 aliphatic carbocycles. The summed E-state index contributed by atoms with van der Waals surface area (Å²) >= 11 is 23.9. The lowest BCUT2D eigenvalue weighted by Crippen LogP contribution is -2.58. The summed E-state index contributed by atoms with van der Waals surface area (Å²) < 4.78 is 3.62. The second-order valence-electron chi connectivity index (χ2n) is 4.58. The van der Waals surface area contributed by atoms with Crippen LogP contribution < -0.4 is 5.32 Å². The van der Waals surface area contributed by atoms with Crippen molar-refractivity contribution in [2.45, 2.75) is 9.96 Å². The van der Waals surface area contributed by atoms with E-state index in [4.69, 9.17) is 51.1 Å². The number of nitrogens with one attached hydrogen (secondary N) is 1. The van der Waals surface area contributed by atoms with Crippen molar-refractivity contribution in [1.29, 1.82) is 0 Å². The molecule has 4 nitrogen and oxygen atoms in total. The number of benzene rings is 1. The molecule has 116 valence electrons. The van der Waals surface area contributed by atoms with E-state index >= 15 is 0 Å². The molecule has 0 radical (unpaired) electrons. The van der Waals surface area contributed by atoms with Crippen LogP contribution in [0.1, 0.15) is 10.4 Å². The van der Waals surface area contributed by atoms with Gasteiger partial charge in [-0.3, -0.25) is 9.69 Å². The Kier molecular flexibility index (Phi) is 6.00. The van der Waals surface area contributed by atoms with Crippen LogP contribution in [0.5, 0.6) is 0 Å². The molecule has 0 bridgehead atoms. The summed E-state index contributed by atoms with van der Waals surface area (Å²) in [5, 5.41) is 3.22. The van der Waals surface area contributed by atoms with Gasteiger partial charge in [-0.1, -0.05) is 52.5 Å². The first-order valence-corrected chi connectivity index (χ1v) is 7.84. The Morgan fingerprint density at radius 1 is 1.29 bits per heavy atom. The zero-order valence-corrected chi connectivity index (χ0v) is 14.0. The molecule has 0 aromatic heterocycles. The first-order valence-electron chi connectivity index (χ1n) is 6.33. The van der Waals surface area contributed by atoms with Gasteiger partial charge in [0.2, 0.25) is 3.79 Å². The number of halogens is 4. The van der Waals surface area contributed by atoms with Gasteiger partial charge in [-0.15, -0.1) is 0 Å². The zero-order chi connectivity index (χ0) is 15.5. The van der Waals surface area contributed by atoms with E-state index in [-0.39, 0.29) is 5.91 Å². The van der Waals surface area contributed by atoms with Crippen molar-refractivity contribution in [1.82, 2.24) is 10.2 Å². The van der Waals surface area contributed by atoms with Gasteiger partial charge in [0, 0.05) is 23.7 Å². The zero-order valence-electron chi connectivity index (χ0n) is 11.0. The third kappa shape index (κ3) is 4.88. The van der Waals surface area contributed by atoms with Crippen LogP contribution in [0.15, 0.2) is 24.3 Å². The SMILES string of the molecule is O=C(NC(N1CCOCC1)C(Cl)(Cl)Cl)c1cccc(Cl)c1. The summed E-state index contributed by atoms with van der Waals surface area (Å²) in [6.07, 6.45) is -0.738. The van der Waals surface area contributed by atoms with E-state index in [0.717, 1.165) is 0 Å². The number of nitrogens with zero attached hydrogens (tertiary/aromatic N) is 1. The summed E-state index contributed by atoms with van der Waals surface area (Å²) in [4.78, 5) is 14.2. The molecule has 1 amide bonds. The van der Waals surface area contributed by atoms with Crippen LogP contribution in [0.3, 0.4) is 0 Å². The third-order valence-electron chi connectivity index (χ3n) is 3.08. The molecule has 1 aromatic rings. The van der Waals surface area contributed by atoms with Gasteiger partial charge in [0.1, 0.15) is 6.17 Å². The van der Waals surface area contributed by atoms with Gasteiger partial charge in [-0.25, -0.2) is 0 Å². The van der Waals surface area contributed by atoms with E-state index in [0.29, 0.717) is 36.9 Å². The molecule has 8 heteroatoms. The number of hydrogen-bond donors (Lipinski definition) is 1. The summed E-state index contributed by atoms with van der Waals surface area (Å²) in [5.74, 6) is -0.347. The molecule has 21 heavy (non-hydrogen) atoms. The lowest BCUT2D eigenvalue weighted by Gasteiger charge is -2.38. The molecule has 1 fully saturated rings. The average molecular weight is 372 g/mol. The van der Waals surface area contributed by atoms with E-state index < -0.39 is 9.96 Å². The third-order valence-corrected chi connectivity index (χ3v) is 3.93. The van der Waals surface area contributed by atoms with E-state index in [1.165, 1.54) is 0 Å². The highest BCUT2D eigenvalue weighted by Gasteiger charge is 2.39. The number of amides is 1. The van der Waals surface area contributed by atoms with E-state index in [1.807, 2.05) is 4.90 Å². The molecule has 1 aliphatic heterocycles. The number of alkyl halides is 3. The van der Waals surface area contributed by atoms with Crippen LogP contribution in [-0.2, 0) is 4.74 Å². The van der Waals surface area contributed by atoms with Gasteiger partial charge >= 0.3 is 0 Å². The highest BCUT2D eigenvalue weighted by molar-refractivity contribution is 6.68. The molecular formula is C13H14Cl4N2O2. The maximum absolute atomic E-state index is 12.3. The van der Waals surface area contributed by atoms with Crippen molar-refractivity contribution in [3.05, 3.63) is 34.9 Å². The molecule has 1 heterocycles. The Morgan fingerprint density at radius 2 is 1.95 bits per heavy atom. The molecule has 0 spiro atoms. The van der Waals surface area contributed by atoms with Crippen molar-refractivity contribution in [3.8, 4) is 0 Å². The Balaban J connectivity index is 2.13.